The molecule has 0 aromatic carbocycles. The highest BCUT2D eigenvalue weighted by molar-refractivity contribution is 7.10. The fourth-order valence-corrected chi connectivity index (χ4v) is 1.89. The first-order valence-corrected chi connectivity index (χ1v) is 6.83. The van der Waals surface area contributed by atoms with E-state index in [0.717, 1.165) is 4.88 Å². The summed E-state index contributed by atoms with van der Waals surface area (Å²) >= 11 is 1.56. The minimum absolute atomic E-state index is 0.100. The first-order valence-electron chi connectivity index (χ1n) is 5.95. The summed E-state index contributed by atoms with van der Waals surface area (Å²) < 4.78 is 9.64. The number of hydrogen-bond acceptors (Lipinski definition) is 5. The molecule has 1 aromatic rings. The van der Waals surface area contributed by atoms with Crippen LogP contribution in [0, 0.1) is 0 Å². The molecule has 1 aromatic heterocycles. The van der Waals surface area contributed by atoms with E-state index in [1.54, 1.807) is 31.3 Å². The fraction of sp³-hybridized carbons (Fsp3) is 0.286. The van der Waals surface area contributed by atoms with E-state index in [9.17, 15) is 9.59 Å². The molecule has 0 saturated carbocycles. The fourth-order valence-electron chi connectivity index (χ4n) is 1.26. The van der Waals surface area contributed by atoms with Crippen molar-refractivity contribution in [1.82, 2.24) is 0 Å². The van der Waals surface area contributed by atoms with Crippen molar-refractivity contribution in [3.63, 3.8) is 0 Å². The molecule has 0 aliphatic rings. The second kappa shape index (κ2) is 8.26. The lowest BCUT2D eigenvalue weighted by Crippen LogP contribution is -2.18. The van der Waals surface area contributed by atoms with Gasteiger partial charge in [-0.25, -0.2) is 9.59 Å². The van der Waals surface area contributed by atoms with Crippen LogP contribution in [-0.2, 0) is 19.1 Å². The normalized spacial score (nSPS) is 10.2. The molecule has 0 radical (unpaired) electrons. The van der Waals surface area contributed by atoms with E-state index in [0.29, 0.717) is 0 Å². The van der Waals surface area contributed by atoms with E-state index in [1.165, 1.54) is 6.08 Å². The molecule has 0 unspecified atom stereocenters. The van der Waals surface area contributed by atoms with E-state index in [-0.39, 0.29) is 18.8 Å². The second-order valence-corrected chi connectivity index (χ2v) is 4.38. The first-order chi connectivity index (χ1) is 9.19. The van der Waals surface area contributed by atoms with Gasteiger partial charge in [0.2, 0.25) is 0 Å². The van der Waals surface area contributed by atoms with Crippen molar-refractivity contribution >= 4 is 29.4 Å². The minimum Gasteiger partial charge on any atom is -0.462 e. The Bertz CT molecular complexity index is 452. The van der Waals surface area contributed by atoms with Crippen LogP contribution >= 0.6 is 11.3 Å². The van der Waals surface area contributed by atoms with Crippen molar-refractivity contribution in [2.75, 3.05) is 13.2 Å². The lowest BCUT2D eigenvalue weighted by molar-refractivity contribution is -0.146. The van der Waals surface area contributed by atoms with Crippen molar-refractivity contribution in [1.29, 1.82) is 0 Å². The molecule has 1 rings (SSSR count). The van der Waals surface area contributed by atoms with Gasteiger partial charge in [-0.05, 0) is 37.4 Å². The highest BCUT2D eigenvalue weighted by atomic mass is 32.1. The van der Waals surface area contributed by atoms with Crippen LogP contribution in [0.1, 0.15) is 18.7 Å². The molecule has 0 aliphatic heterocycles. The van der Waals surface area contributed by atoms with Crippen molar-refractivity contribution in [3.05, 3.63) is 40.1 Å². The van der Waals surface area contributed by atoms with Gasteiger partial charge in [0.25, 0.3) is 0 Å². The molecule has 4 nitrogen and oxygen atoms in total. The Labute approximate surface area is 116 Å². The van der Waals surface area contributed by atoms with Crippen LogP contribution < -0.4 is 0 Å². The Morgan fingerprint density at radius 2 is 1.84 bits per heavy atom. The van der Waals surface area contributed by atoms with E-state index in [4.69, 9.17) is 9.47 Å². The van der Waals surface area contributed by atoms with Gasteiger partial charge in [-0.1, -0.05) is 12.1 Å². The van der Waals surface area contributed by atoms with Crippen molar-refractivity contribution in [2.24, 2.45) is 0 Å². The first kappa shape index (κ1) is 15.2. The highest BCUT2D eigenvalue weighted by Gasteiger charge is 2.19. The molecule has 0 fully saturated rings. The number of esters is 2. The quantitative estimate of drug-likeness (QED) is 0.264. The van der Waals surface area contributed by atoms with Crippen molar-refractivity contribution < 1.29 is 19.1 Å². The summed E-state index contributed by atoms with van der Waals surface area (Å²) in [4.78, 5) is 24.3. The standard InChI is InChI=1S/C14H16O4S/c1-3-17-13(15)12(14(16)18-4-2)9-5-7-11-8-6-10-19-11/h5-10H,3-4H2,1-2H3/b7-5+. The van der Waals surface area contributed by atoms with Crippen molar-refractivity contribution in [2.45, 2.75) is 13.8 Å². The average molecular weight is 280 g/mol. The molecule has 0 aliphatic carbocycles. The lowest BCUT2D eigenvalue weighted by atomic mass is 10.2. The summed E-state index contributed by atoms with van der Waals surface area (Å²) in [5.74, 6) is -1.34. The number of carbonyl (C=O) groups excluding carboxylic acids is 2. The summed E-state index contributed by atoms with van der Waals surface area (Å²) in [5, 5.41) is 1.95. The zero-order valence-electron chi connectivity index (χ0n) is 10.9. The Kier molecular flexibility index (Phi) is 6.60. The largest absolute Gasteiger partial charge is 0.462 e. The van der Waals surface area contributed by atoms with E-state index < -0.39 is 11.9 Å². The highest BCUT2D eigenvalue weighted by Crippen LogP contribution is 2.11. The Morgan fingerprint density at radius 3 is 2.32 bits per heavy atom. The molecule has 0 amide bonds. The maximum absolute atomic E-state index is 11.6. The summed E-state index contributed by atoms with van der Waals surface area (Å²) in [7, 11) is 0. The Morgan fingerprint density at radius 1 is 1.21 bits per heavy atom. The molecule has 0 saturated heterocycles. The van der Waals surface area contributed by atoms with Crippen LogP contribution in [0.25, 0.3) is 6.08 Å². The van der Waals surface area contributed by atoms with Crippen LogP contribution in [0.4, 0.5) is 0 Å². The molecular weight excluding hydrogens is 264 g/mol. The van der Waals surface area contributed by atoms with Crippen LogP contribution in [0.5, 0.6) is 0 Å². The van der Waals surface area contributed by atoms with Gasteiger partial charge in [0.1, 0.15) is 5.57 Å². The molecular formula is C14H16O4S. The summed E-state index contributed by atoms with van der Waals surface area (Å²) in [6.07, 6.45) is 4.85. The zero-order valence-corrected chi connectivity index (χ0v) is 11.7. The van der Waals surface area contributed by atoms with Gasteiger partial charge in [-0.15, -0.1) is 11.3 Å². The number of ether oxygens (including phenoxy) is 2. The SMILES string of the molecule is CCOC(=O)C(=C/C=C/c1cccs1)C(=O)OCC. The molecule has 1 heterocycles. The molecule has 0 atom stereocenters. The van der Waals surface area contributed by atoms with Gasteiger partial charge in [-0.2, -0.15) is 0 Å². The topological polar surface area (TPSA) is 52.6 Å². The van der Waals surface area contributed by atoms with Gasteiger partial charge in [0.15, 0.2) is 0 Å². The maximum Gasteiger partial charge on any atom is 0.345 e. The molecule has 0 spiro atoms. The third-order valence-corrected chi connectivity index (χ3v) is 2.89. The van der Waals surface area contributed by atoms with Gasteiger partial charge in [0, 0.05) is 4.88 Å². The number of rotatable bonds is 6. The van der Waals surface area contributed by atoms with Gasteiger partial charge in [-0.3, -0.25) is 0 Å². The smallest absolute Gasteiger partial charge is 0.345 e. The van der Waals surface area contributed by atoms with Gasteiger partial charge in [0.05, 0.1) is 13.2 Å². The maximum atomic E-state index is 11.6. The van der Waals surface area contributed by atoms with Crippen LogP contribution in [0.15, 0.2) is 35.2 Å². The van der Waals surface area contributed by atoms with Crippen LogP contribution in [0.2, 0.25) is 0 Å². The monoisotopic (exact) mass is 280 g/mol. The summed E-state index contributed by atoms with van der Waals surface area (Å²) in [5.41, 5.74) is -0.100. The Hall–Kier alpha value is -1.88. The van der Waals surface area contributed by atoms with Crippen molar-refractivity contribution in [3.8, 4) is 0 Å². The van der Waals surface area contributed by atoms with E-state index in [1.807, 2.05) is 23.6 Å². The molecule has 19 heavy (non-hydrogen) atoms. The minimum atomic E-state index is -0.670. The number of hydrogen-bond donors (Lipinski definition) is 0. The second-order valence-electron chi connectivity index (χ2n) is 3.40. The zero-order chi connectivity index (χ0) is 14.1. The van der Waals surface area contributed by atoms with Crippen LogP contribution in [0.3, 0.4) is 0 Å². The van der Waals surface area contributed by atoms with E-state index >= 15 is 0 Å². The third kappa shape index (κ3) is 5.09. The molecule has 5 heteroatoms. The summed E-state index contributed by atoms with van der Waals surface area (Å²) in [6, 6.07) is 3.86. The van der Waals surface area contributed by atoms with Gasteiger partial charge < -0.3 is 9.47 Å². The van der Waals surface area contributed by atoms with Crippen LogP contribution in [-0.4, -0.2) is 25.2 Å². The molecule has 0 bridgehead atoms. The van der Waals surface area contributed by atoms with E-state index in [2.05, 4.69) is 0 Å². The average Bonchev–Trinajstić information content (AvgIpc) is 2.88. The predicted molar refractivity (Wildman–Crippen MR) is 74.7 cm³/mol. The third-order valence-electron chi connectivity index (χ3n) is 2.06. The summed E-state index contributed by atoms with van der Waals surface area (Å²) in [6.45, 7) is 3.79. The molecule has 0 N–H and O–H groups in total. The Balaban J connectivity index is 2.83. The number of carbonyl (C=O) groups is 2. The molecule has 102 valence electrons. The van der Waals surface area contributed by atoms with Gasteiger partial charge >= 0.3 is 11.9 Å². The number of thiophene rings is 1. The number of allylic oxidation sites excluding steroid dienone is 2. The lowest BCUT2D eigenvalue weighted by Gasteiger charge is -2.05. The predicted octanol–water partition coefficient (Wildman–Crippen LogP) is 2.81.